The van der Waals surface area contributed by atoms with Crippen LogP contribution in [0.5, 0.6) is 0 Å². The fourth-order valence-electron chi connectivity index (χ4n) is 3.36. The van der Waals surface area contributed by atoms with Crippen molar-refractivity contribution in [3.63, 3.8) is 0 Å². The van der Waals surface area contributed by atoms with E-state index < -0.39 is 10.0 Å². The van der Waals surface area contributed by atoms with Crippen LogP contribution < -0.4 is 9.21 Å². The number of nitrogens with zero attached hydrogens (tertiary/aromatic N) is 3. The van der Waals surface area contributed by atoms with Crippen molar-refractivity contribution in [3.8, 4) is 0 Å². The Morgan fingerprint density at radius 1 is 0.962 bits per heavy atom. The molecule has 6 nitrogen and oxygen atoms in total. The molecule has 0 unspecified atom stereocenters. The molecule has 0 aliphatic carbocycles. The van der Waals surface area contributed by atoms with Gasteiger partial charge in [-0.05, 0) is 51.0 Å². The zero-order chi connectivity index (χ0) is 19.2. The first-order valence-corrected chi connectivity index (χ1v) is 11.3. The van der Waals surface area contributed by atoms with Crippen LogP contribution in [0.15, 0.2) is 24.3 Å². The number of sulfonamides is 1. The smallest absolute Gasteiger partial charge is 0.243 e. The van der Waals surface area contributed by atoms with Crippen molar-refractivity contribution >= 4 is 27.3 Å². The summed E-state index contributed by atoms with van der Waals surface area (Å²) in [7, 11) is -3.53. The van der Waals surface area contributed by atoms with Gasteiger partial charge in [0, 0.05) is 31.9 Å². The van der Waals surface area contributed by atoms with Gasteiger partial charge in [0.1, 0.15) is 6.54 Å². The molecule has 1 aromatic rings. The molecule has 0 atom stereocenters. The Balaban J connectivity index is 2.18. The molecule has 1 aliphatic heterocycles. The van der Waals surface area contributed by atoms with E-state index >= 15 is 0 Å². The molecule has 1 aromatic carbocycles. The summed E-state index contributed by atoms with van der Waals surface area (Å²) in [6.45, 7) is 7.25. The molecule has 1 aliphatic rings. The van der Waals surface area contributed by atoms with E-state index in [9.17, 15) is 13.2 Å². The van der Waals surface area contributed by atoms with Crippen molar-refractivity contribution in [2.75, 3.05) is 48.2 Å². The van der Waals surface area contributed by atoms with E-state index in [2.05, 4.69) is 18.7 Å². The monoisotopic (exact) mass is 381 g/mol. The number of likely N-dealkylation sites (tertiary alicyclic amines) is 1. The zero-order valence-corrected chi connectivity index (χ0v) is 17.0. The van der Waals surface area contributed by atoms with Crippen molar-refractivity contribution in [2.24, 2.45) is 0 Å². The van der Waals surface area contributed by atoms with E-state index in [4.69, 9.17) is 0 Å². The van der Waals surface area contributed by atoms with Crippen LogP contribution in [0.2, 0.25) is 0 Å². The summed E-state index contributed by atoms with van der Waals surface area (Å²) in [6.07, 6.45) is 5.39. The number of hydrogen-bond donors (Lipinski definition) is 0. The maximum Gasteiger partial charge on any atom is 0.243 e. The molecule has 26 heavy (non-hydrogen) atoms. The lowest BCUT2D eigenvalue weighted by Crippen LogP contribution is -2.43. The predicted molar refractivity (Wildman–Crippen MR) is 107 cm³/mol. The van der Waals surface area contributed by atoms with Gasteiger partial charge in [-0.25, -0.2) is 8.42 Å². The summed E-state index contributed by atoms with van der Waals surface area (Å²) in [6, 6.07) is 7.39. The number of hydrogen-bond acceptors (Lipinski definition) is 4. The quantitative estimate of drug-likeness (QED) is 0.729. The Hall–Kier alpha value is -1.76. The normalized spacial score (nSPS) is 15.4. The number of benzene rings is 1. The summed E-state index contributed by atoms with van der Waals surface area (Å²) < 4.78 is 25.8. The lowest BCUT2D eigenvalue weighted by Gasteiger charge is -2.27. The molecule has 1 amide bonds. The summed E-state index contributed by atoms with van der Waals surface area (Å²) in [4.78, 5) is 16.7. The maximum atomic E-state index is 12.7. The third-order valence-corrected chi connectivity index (χ3v) is 6.04. The van der Waals surface area contributed by atoms with Crippen LogP contribution in [0.25, 0.3) is 0 Å². The molecule has 0 bridgehead atoms. The molecule has 1 fully saturated rings. The number of anilines is 2. The SMILES string of the molecule is CCN(CC)c1ccc(N(CC(=O)N2CCCCCC2)S(C)(=O)=O)cc1. The Morgan fingerprint density at radius 2 is 1.46 bits per heavy atom. The van der Waals surface area contributed by atoms with E-state index in [1.54, 1.807) is 17.0 Å². The van der Waals surface area contributed by atoms with Gasteiger partial charge in [0.15, 0.2) is 0 Å². The van der Waals surface area contributed by atoms with Crippen LogP contribution >= 0.6 is 0 Å². The van der Waals surface area contributed by atoms with Gasteiger partial charge in [-0.1, -0.05) is 12.8 Å². The molecule has 0 N–H and O–H groups in total. The molecular weight excluding hydrogens is 350 g/mol. The third kappa shape index (κ3) is 5.37. The highest BCUT2D eigenvalue weighted by Gasteiger charge is 2.24. The lowest BCUT2D eigenvalue weighted by atomic mass is 10.2. The Labute approximate surface area is 157 Å². The number of amides is 1. The minimum absolute atomic E-state index is 0.120. The zero-order valence-electron chi connectivity index (χ0n) is 16.1. The van der Waals surface area contributed by atoms with Crippen LogP contribution in [0.4, 0.5) is 11.4 Å². The highest BCUT2D eigenvalue weighted by Crippen LogP contribution is 2.23. The van der Waals surface area contributed by atoms with Gasteiger partial charge in [-0.2, -0.15) is 0 Å². The predicted octanol–water partition coefficient (Wildman–Crippen LogP) is 2.70. The molecule has 7 heteroatoms. The van der Waals surface area contributed by atoms with Crippen LogP contribution in [0.1, 0.15) is 39.5 Å². The molecule has 0 radical (unpaired) electrons. The van der Waals surface area contributed by atoms with Crippen molar-refractivity contribution in [1.29, 1.82) is 0 Å². The number of rotatable bonds is 7. The average molecular weight is 382 g/mol. The largest absolute Gasteiger partial charge is 0.372 e. The van der Waals surface area contributed by atoms with Gasteiger partial charge in [-0.3, -0.25) is 9.10 Å². The molecule has 1 heterocycles. The van der Waals surface area contributed by atoms with Crippen LogP contribution in [0.3, 0.4) is 0 Å². The molecule has 0 spiro atoms. The van der Waals surface area contributed by atoms with Gasteiger partial charge in [0.05, 0.1) is 11.9 Å². The Morgan fingerprint density at radius 3 is 1.92 bits per heavy atom. The van der Waals surface area contributed by atoms with Gasteiger partial charge >= 0.3 is 0 Å². The number of carbonyl (C=O) groups is 1. The molecule has 0 saturated carbocycles. The van der Waals surface area contributed by atoms with Crippen LogP contribution in [-0.2, 0) is 14.8 Å². The summed E-state index contributed by atoms with van der Waals surface area (Å²) in [5.74, 6) is -0.120. The molecular formula is C19H31N3O3S. The first-order chi connectivity index (χ1) is 12.4. The highest BCUT2D eigenvalue weighted by atomic mass is 32.2. The minimum Gasteiger partial charge on any atom is -0.372 e. The van der Waals surface area contributed by atoms with E-state index in [1.807, 2.05) is 12.1 Å². The molecule has 146 valence electrons. The van der Waals surface area contributed by atoms with E-state index in [0.29, 0.717) is 5.69 Å². The first kappa shape index (κ1) is 20.6. The van der Waals surface area contributed by atoms with Crippen molar-refractivity contribution in [2.45, 2.75) is 39.5 Å². The summed E-state index contributed by atoms with van der Waals surface area (Å²) in [5.41, 5.74) is 1.58. The fraction of sp³-hybridized carbons (Fsp3) is 0.632. The second-order valence-electron chi connectivity index (χ2n) is 6.75. The van der Waals surface area contributed by atoms with Crippen LogP contribution in [-0.4, -0.2) is 58.2 Å². The Bertz CT molecular complexity index is 676. The summed E-state index contributed by atoms with van der Waals surface area (Å²) in [5, 5.41) is 0. The fourth-order valence-corrected chi connectivity index (χ4v) is 4.21. The number of carbonyl (C=O) groups excluding carboxylic acids is 1. The third-order valence-electron chi connectivity index (χ3n) is 4.90. The minimum atomic E-state index is -3.53. The summed E-state index contributed by atoms with van der Waals surface area (Å²) >= 11 is 0. The van der Waals surface area contributed by atoms with E-state index in [1.165, 1.54) is 4.31 Å². The van der Waals surface area contributed by atoms with E-state index in [0.717, 1.165) is 63.8 Å². The van der Waals surface area contributed by atoms with Crippen molar-refractivity contribution in [1.82, 2.24) is 4.90 Å². The van der Waals surface area contributed by atoms with Gasteiger partial charge in [0.25, 0.3) is 0 Å². The highest BCUT2D eigenvalue weighted by molar-refractivity contribution is 7.92. The maximum absolute atomic E-state index is 12.7. The van der Waals surface area contributed by atoms with E-state index in [-0.39, 0.29) is 12.5 Å². The van der Waals surface area contributed by atoms with Gasteiger partial charge in [0.2, 0.25) is 15.9 Å². The molecule has 1 saturated heterocycles. The first-order valence-electron chi connectivity index (χ1n) is 9.47. The Kier molecular flexibility index (Phi) is 7.32. The standard InChI is InChI=1S/C19H31N3O3S/c1-4-20(5-2)17-10-12-18(13-11-17)22(26(3,24)25)16-19(23)21-14-8-6-7-9-15-21/h10-13H,4-9,14-16H2,1-3H3. The topological polar surface area (TPSA) is 60.9 Å². The second kappa shape index (κ2) is 9.26. The van der Waals surface area contributed by atoms with Crippen molar-refractivity contribution < 1.29 is 13.2 Å². The van der Waals surface area contributed by atoms with Crippen molar-refractivity contribution in [3.05, 3.63) is 24.3 Å². The van der Waals surface area contributed by atoms with Gasteiger partial charge < -0.3 is 9.80 Å². The average Bonchev–Trinajstić information content (AvgIpc) is 2.90. The second-order valence-corrected chi connectivity index (χ2v) is 8.66. The molecule has 2 rings (SSSR count). The lowest BCUT2D eigenvalue weighted by molar-refractivity contribution is -0.129. The van der Waals surface area contributed by atoms with Gasteiger partial charge in [-0.15, -0.1) is 0 Å². The molecule has 0 aromatic heterocycles. The van der Waals surface area contributed by atoms with Crippen LogP contribution in [0, 0.1) is 0 Å².